The fourth-order valence-corrected chi connectivity index (χ4v) is 2.96. The monoisotopic (exact) mass is 332 g/mol. The highest BCUT2D eigenvalue weighted by molar-refractivity contribution is 5.96. The summed E-state index contributed by atoms with van der Waals surface area (Å²) in [4.78, 5) is 26.1. The molecule has 5 heteroatoms. The smallest absolute Gasteiger partial charge is 0.251 e. The average molecular weight is 332 g/mol. The van der Waals surface area contributed by atoms with Gasteiger partial charge in [-0.1, -0.05) is 32.9 Å². The quantitative estimate of drug-likeness (QED) is 0.890. The Morgan fingerprint density at radius 1 is 1.25 bits per heavy atom. The summed E-state index contributed by atoms with van der Waals surface area (Å²) in [6, 6.07) is 7.26. The second kappa shape index (κ2) is 7.34. The van der Waals surface area contributed by atoms with Gasteiger partial charge >= 0.3 is 0 Å². The molecule has 132 valence electrons. The molecule has 24 heavy (non-hydrogen) atoms. The molecule has 0 radical (unpaired) electrons. The van der Waals surface area contributed by atoms with Gasteiger partial charge in [0.1, 0.15) is 0 Å². The molecule has 0 aromatic heterocycles. The first-order valence-electron chi connectivity index (χ1n) is 8.56. The SMILES string of the molecule is CC1C(O)CCCN1C(=O)CNC(=O)c1ccc(C(C)(C)C)cc1. The molecule has 1 aliphatic heterocycles. The van der Waals surface area contributed by atoms with Gasteiger partial charge < -0.3 is 15.3 Å². The first kappa shape index (κ1) is 18.5. The van der Waals surface area contributed by atoms with Gasteiger partial charge in [-0.25, -0.2) is 0 Å². The van der Waals surface area contributed by atoms with Crippen molar-refractivity contribution < 1.29 is 14.7 Å². The van der Waals surface area contributed by atoms with Crippen LogP contribution in [0.3, 0.4) is 0 Å². The van der Waals surface area contributed by atoms with Crippen LogP contribution in [-0.2, 0) is 10.2 Å². The zero-order valence-electron chi connectivity index (χ0n) is 15.0. The van der Waals surface area contributed by atoms with E-state index in [1.807, 2.05) is 19.1 Å². The Morgan fingerprint density at radius 2 is 1.88 bits per heavy atom. The number of hydrogen-bond acceptors (Lipinski definition) is 3. The lowest BCUT2D eigenvalue weighted by molar-refractivity contribution is -0.136. The van der Waals surface area contributed by atoms with Crippen LogP contribution in [0.5, 0.6) is 0 Å². The van der Waals surface area contributed by atoms with Crippen LogP contribution in [0.15, 0.2) is 24.3 Å². The number of carbonyl (C=O) groups is 2. The summed E-state index contributed by atoms with van der Waals surface area (Å²) in [6.45, 7) is 8.79. The van der Waals surface area contributed by atoms with Crippen molar-refractivity contribution >= 4 is 11.8 Å². The number of nitrogens with zero attached hydrogens (tertiary/aromatic N) is 1. The van der Waals surface area contributed by atoms with Crippen molar-refractivity contribution in [3.8, 4) is 0 Å². The third-order valence-electron chi connectivity index (χ3n) is 4.68. The summed E-state index contributed by atoms with van der Waals surface area (Å²) in [5, 5.41) is 12.5. The Bertz CT molecular complexity index is 590. The molecule has 2 atom stereocenters. The number of nitrogens with one attached hydrogen (secondary N) is 1. The molecule has 1 aromatic carbocycles. The standard InChI is InChI=1S/C19H28N2O3/c1-13-16(22)6-5-11-21(13)17(23)12-20-18(24)14-7-9-15(10-8-14)19(2,3)4/h7-10,13,16,22H,5-6,11-12H2,1-4H3,(H,20,24). The van der Waals surface area contributed by atoms with E-state index in [0.717, 1.165) is 18.4 Å². The molecule has 1 aromatic rings. The van der Waals surface area contributed by atoms with Gasteiger partial charge in [0, 0.05) is 12.1 Å². The molecule has 1 fully saturated rings. The molecule has 2 rings (SSSR count). The Balaban J connectivity index is 1.92. The van der Waals surface area contributed by atoms with Crippen molar-refractivity contribution in [3.05, 3.63) is 35.4 Å². The predicted molar refractivity (Wildman–Crippen MR) is 93.9 cm³/mol. The van der Waals surface area contributed by atoms with E-state index in [2.05, 4.69) is 26.1 Å². The average Bonchev–Trinajstić information content (AvgIpc) is 2.54. The highest BCUT2D eigenvalue weighted by Crippen LogP contribution is 2.22. The highest BCUT2D eigenvalue weighted by Gasteiger charge is 2.29. The molecule has 2 amide bonds. The first-order valence-corrected chi connectivity index (χ1v) is 8.56. The molecule has 1 saturated heterocycles. The third kappa shape index (κ3) is 4.35. The number of rotatable bonds is 3. The summed E-state index contributed by atoms with van der Waals surface area (Å²) < 4.78 is 0. The zero-order valence-corrected chi connectivity index (χ0v) is 15.0. The van der Waals surface area contributed by atoms with Gasteiger partial charge in [0.05, 0.1) is 18.7 Å². The number of hydrogen-bond donors (Lipinski definition) is 2. The van der Waals surface area contributed by atoms with Crippen molar-refractivity contribution in [2.24, 2.45) is 0 Å². The Morgan fingerprint density at radius 3 is 2.46 bits per heavy atom. The summed E-state index contributed by atoms with van der Waals surface area (Å²) >= 11 is 0. The van der Waals surface area contributed by atoms with E-state index in [1.54, 1.807) is 17.0 Å². The second-order valence-corrected chi connectivity index (χ2v) is 7.55. The zero-order chi connectivity index (χ0) is 17.9. The van der Waals surface area contributed by atoms with E-state index in [9.17, 15) is 14.7 Å². The van der Waals surface area contributed by atoms with Gasteiger partial charge in [-0.2, -0.15) is 0 Å². The topological polar surface area (TPSA) is 69.6 Å². The van der Waals surface area contributed by atoms with Crippen molar-refractivity contribution in [3.63, 3.8) is 0 Å². The Hall–Kier alpha value is -1.88. The molecule has 0 spiro atoms. The van der Waals surface area contributed by atoms with Crippen LogP contribution in [0.25, 0.3) is 0 Å². The van der Waals surface area contributed by atoms with Gasteiger partial charge in [-0.3, -0.25) is 9.59 Å². The van der Waals surface area contributed by atoms with Crippen LogP contribution < -0.4 is 5.32 Å². The van der Waals surface area contributed by atoms with Gasteiger partial charge in [0.15, 0.2) is 0 Å². The largest absolute Gasteiger partial charge is 0.391 e. The van der Waals surface area contributed by atoms with E-state index < -0.39 is 6.10 Å². The van der Waals surface area contributed by atoms with Crippen molar-refractivity contribution in [1.29, 1.82) is 0 Å². The van der Waals surface area contributed by atoms with Crippen LogP contribution >= 0.6 is 0 Å². The first-order chi connectivity index (χ1) is 11.2. The molecule has 0 aliphatic carbocycles. The van der Waals surface area contributed by atoms with E-state index in [4.69, 9.17) is 0 Å². The molecule has 0 saturated carbocycles. The van der Waals surface area contributed by atoms with Crippen molar-refractivity contribution in [2.45, 2.75) is 58.1 Å². The van der Waals surface area contributed by atoms with Gasteiger partial charge in [-0.15, -0.1) is 0 Å². The normalized spacial score (nSPS) is 21.5. The van der Waals surface area contributed by atoms with Crippen molar-refractivity contribution in [1.82, 2.24) is 10.2 Å². The fourth-order valence-electron chi connectivity index (χ4n) is 2.96. The molecule has 1 heterocycles. The Labute approximate surface area is 144 Å². The fraction of sp³-hybridized carbons (Fsp3) is 0.579. The van der Waals surface area contributed by atoms with Crippen LogP contribution in [0.1, 0.15) is 56.5 Å². The molecule has 1 aliphatic rings. The minimum Gasteiger partial charge on any atom is -0.391 e. The minimum absolute atomic E-state index is 0.0379. The minimum atomic E-state index is -0.483. The molecule has 2 N–H and O–H groups in total. The summed E-state index contributed by atoms with van der Waals surface area (Å²) in [5.41, 5.74) is 1.74. The number of likely N-dealkylation sites (tertiary alicyclic amines) is 1. The maximum absolute atomic E-state index is 12.3. The molecular weight excluding hydrogens is 304 g/mol. The van der Waals surface area contributed by atoms with E-state index in [1.165, 1.54) is 0 Å². The number of aliphatic hydroxyl groups excluding tert-OH is 1. The van der Waals surface area contributed by atoms with E-state index in [0.29, 0.717) is 12.1 Å². The summed E-state index contributed by atoms with van der Waals surface area (Å²) in [5.74, 6) is -0.407. The molecule has 5 nitrogen and oxygen atoms in total. The summed E-state index contributed by atoms with van der Waals surface area (Å²) in [6.07, 6.45) is 1.03. The maximum Gasteiger partial charge on any atom is 0.251 e. The number of benzene rings is 1. The number of piperidine rings is 1. The van der Waals surface area contributed by atoms with Crippen molar-refractivity contribution in [2.75, 3.05) is 13.1 Å². The number of aliphatic hydroxyl groups is 1. The van der Waals surface area contributed by atoms with Gasteiger partial charge in [-0.05, 0) is 42.9 Å². The lowest BCUT2D eigenvalue weighted by atomic mass is 9.87. The van der Waals surface area contributed by atoms with Crippen LogP contribution in [0.4, 0.5) is 0 Å². The summed E-state index contributed by atoms with van der Waals surface area (Å²) in [7, 11) is 0. The number of amides is 2. The van der Waals surface area contributed by atoms with Gasteiger partial charge in [0.2, 0.25) is 5.91 Å². The molecule has 2 unspecified atom stereocenters. The molecule has 0 bridgehead atoms. The highest BCUT2D eigenvalue weighted by atomic mass is 16.3. The van der Waals surface area contributed by atoms with Crippen LogP contribution in [-0.4, -0.2) is 47.1 Å². The predicted octanol–water partition coefficient (Wildman–Crippen LogP) is 2.09. The Kier molecular flexibility index (Phi) is 5.65. The maximum atomic E-state index is 12.3. The third-order valence-corrected chi connectivity index (χ3v) is 4.68. The van der Waals surface area contributed by atoms with E-state index in [-0.39, 0.29) is 29.8 Å². The lowest BCUT2D eigenvalue weighted by Gasteiger charge is -2.37. The van der Waals surface area contributed by atoms with E-state index >= 15 is 0 Å². The second-order valence-electron chi connectivity index (χ2n) is 7.55. The van der Waals surface area contributed by atoms with Crippen LogP contribution in [0.2, 0.25) is 0 Å². The lowest BCUT2D eigenvalue weighted by Crippen LogP contribution is -2.52. The van der Waals surface area contributed by atoms with Crippen LogP contribution in [0, 0.1) is 0 Å². The number of carbonyl (C=O) groups excluding carboxylic acids is 2. The van der Waals surface area contributed by atoms with Gasteiger partial charge in [0.25, 0.3) is 5.91 Å². The molecular formula is C19H28N2O3.